The van der Waals surface area contributed by atoms with Gasteiger partial charge in [-0.25, -0.2) is 10.2 Å². The van der Waals surface area contributed by atoms with Gasteiger partial charge in [0, 0.05) is 31.7 Å². The number of carbonyl (C=O) groups is 3. The average molecular weight is 399 g/mol. The Hall–Kier alpha value is -2.90. The number of anilines is 1. The molecule has 2 aliphatic rings. The van der Waals surface area contributed by atoms with E-state index in [0.717, 1.165) is 23.6 Å². The average Bonchev–Trinajstić information content (AvgIpc) is 2.89. The number of hydrazone groups is 1. The molecule has 8 heteroatoms. The van der Waals surface area contributed by atoms with Crippen LogP contribution in [0.3, 0.4) is 0 Å². The van der Waals surface area contributed by atoms with E-state index in [9.17, 15) is 14.4 Å². The fraction of sp³-hybridized carbons (Fsp3) is 0.524. The number of benzene rings is 1. The minimum absolute atomic E-state index is 0.000474. The van der Waals surface area contributed by atoms with Crippen LogP contribution in [0.4, 0.5) is 10.5 Å². The molecule has 2 saturated heterocycles. The van der Waals surface area contributed by atoms with Crippen LogP contribution in [-0.2, 0) is 9.59 Å². The van der Waals surface area contributed by atoms with Gasteiger partial charge in [-0.05, 0) is 44.4 Å². The smallest absolute Gasteiger partial charge is 0.325 e. The van der Waals surface area contributed by atoms with Crippen molar-refractivity contribution in [3.05, 3.63) is 29.8 Å². The van der Waals surface area contributed by atoms with E-state index in [1.165, 1.54) is 31.4 Å². The summed E-state index contributed by atoms with van der Waals surface area (Å²) in [6.45, 7) is 5.49. The fourth-order valence-corrected chi connectivity index (χ4v) is 3.57. The highest BCUT2D eigenvalue weighted by Crippen LogP contribution is 2.19. The largest absolute Gasteiger partial charge is 0.372 e. The lowest BCUT2D eigenvalue weighted by atomic mass is 10.1. The first-order valence-electron chi connectivity index (χ1n) is 10.2. The third-order valence-electron chi connectivity index (χ3n) is 5.27. The van der Waals surface area contributed by atoms with Crippen molar-refractivity contribution in [2.24, 2.45) is 5.10 Å². The first-order chi connectivity index (χ1) is 13.9. The number of hydrogen-bond donors (Lipinski definition) is 2. The summed E-state index contributed by atoms with van der Waals surface area (Å²) in [5.74, 6) is -0.684. The van der Waals surface area contributed by atoms with Gasteiger partial charge in [-0.1, -0.05) is 25.0 Å². The summed E-state index contributed by atoms with van der Waals surface area (Å²) >= 11 is 0. The Morgan fingerprint density at radius 3 is 2.38 bits per heavy atom. The molecule has 2 aliphatic heterocycles. The van der Waals surface area contributed by atoms with E-state index < -0.39 is 11.6 Å². The summed E-state index contributed by atoms with van der Waals surface area (Å²) < 4.78 is 0. The van der Waals surface area contributed by atoms with Crippen molar-refractivity contribution in [3.8, 4) is 0 Å². The molecule has 0 radical (unpaired) electrons. The first-order valence-corrected chi connectivity index (χ1v) is 10.2. The molecule has 0 aliphatic carbocycles. The third kappa shape index (κ3) is 5.34. The van der Waals surface area contributed by atoms with Crippen molar-refractivity contribution in [2.75, 3.05) is 24.5 Å². The van der Waals surface area contributed by atoms with E-state index in [1.54, 1.807) is 20.1 Å². The summed E-state index contributed by atoms with van der Waals surface area (Å²) in [7, 11) is 0. The van der Waals surface area contributed by atoms with Crippen molar-refractivity contribution < 1.29 is 14.4 Å². The summed E-state index contributed by atoms with van der Waals surface area (Å²) in [6, 6.07) is 7.64. The zero-order valence-corrected chi connectivity index (χ0v) is 17.1. The van der Waals surface area contributed by atoms with Crippen molar-refractivity contribution in [3.63, 3.8) is 0 Å². The van der Waals surface area contributed by atoms with Crippen molar-refractivity contribution in [2.45, 2.75) is 51.5 Å². The van der Waals surface area contributed by atoms with Crippen LogP contribution in [0.5, 0.6) is 0 Å². The van der Waals surface area contributed by atoms with Crippen LogP contribution in [0.1, 0.15) is 51.5 Å². The number of amides is 4. The molecule has 2 fully saturated rings. The second kappa shape index (κ2) is 9.07. The number of hydrogen-bond acceptors (Lipinski definition) is 5. The van der Waals surface area contributed by atoms with Gasteiger partial charge in [0.2, 0.25) is 5.91 Å². The fourth-order valence-electron chi connectivity index (χ4n) is 3.57. The van der Waals surface area contributed by atoms with Gasteiger partial charge in [-0.3, -0.25) is 14.5 Å². The Balaban J connectivity index is 1.45. The number of rotatable bonds is 6. The van der Waals surface area contributed by atoms with Gasteiger partial charge in [-0.15, -0.1) is 0 Å². The van der Waals surface area contributed by atoms with Crippen molar-refractivity contribution in [1.82, 2.24) is 15.6 Å². The highest BCUT2D eigenvalue weighted by atomic mass is 16.2. The summed E-state index contributed by atoms with van der Waals surface area (Å²) in [6.07, 6.45) is 6.65. The van der Waals surface area contributed by atoms with Crippen LogP contribution >= 0.6 is 0 Å². The zero-order chi connectivity index (χ0) is 20.9. The van der Waals surface area contributed by atoms with Crippen LogP contribution in [0, 0.1) is 0 Å². The maximum Gasteiger partial charge on any atom is 0.325 e. The number of imide groups is 1. The molecule has 0 aromatic heterocycles. The molecule has 0 bridgehead atoms. The molecule has 1 aromatic carbocycles. The maximum absolute atomic E-state index is 12.1. The minimum atomic E-state index is -0.925. The van der Waals surface area contributed by atoms with Gasteiger partial charge < -0.3 is 10.2 Å². The van der Waals surface area contributed by atoms with Gasteiger partial charge in [-0.2, -0.15) is 5.10 Å². The molecule has 1 aromatic rings. The predicted molar refractivity (Wildman–Crippen MR) is 112 cm³/mol. The Kier molecular flexibility index (Phi) is 6.51. The molecule has 4 amide bonds. The summed E-state index contributed by atoms with van der Waals surface area (Å²) in [4.78, 5) is 39.3. The van der Waals surface area contributed by atoms with Crippen LogP contribution < -0.4 is 15.6 Å². The third-order valence-corrected chi connectivity index (χ3v) is 5.27. The van der Waals surface area contributed by atoms with Crippen molar-refractivity contribution >= 4 is 29.7 Å². The van der Waals surface area contributed by atoms with Gasteiger partial charge in [0.15, 0.2) is 0 Å². The molecule has 0 unspecified atom stereocenters. The molecular weight excluding hydrogens is 370 g/mol. The lowest BCUT2D eigenvalue weighted by molar-refractivity contribution is -0.130. The summed E-state index contributed by atoms with van der Waals surface area (Å²) in [5, 5.41) is 6.55. The van der Waals surface area contributed by atoms with E-state index in [-0.39, 0.29) is 24.8 Å². The molecule has 29 heavy (non-hydrogen) atoms. The summed E-state index contributed by atoms with van der Waals surface area (Å²) in [5.41, 5.74) is 3.62. The minimum Gasteiger partial charge on any atom is -0.372 e. The van der Waals surface area contributed by atoms with Crippen LogP contribution in [-0.4, -0.2) is 54.1 Å². The van der Waals surface area contributed by atoms with E-state index in [2.05, 4.69) is 32.9 Å². The van der Waals surface area contributed by atoms with Crippen molar-refractivity contribution in [1.29, 1.82) is 0 Å². The van der Waals surface area contributed by atoms with Gasteiger partial charge in [0.1, 0.15) is 5.54 Å². The molecule has 156 valence electrons. The lowest BCUT2D eigenvalue weighted by Gasteiger charge is -2.22. The van der Waals surface area contributed by atoms with E-state index >= 15 is 0 Å². The molecule has 2 heterocycles. The highest BCUT2D eigenvalue weighted by molar-refractivity contribution is 6.06. The van der Waals surface area contributed by atoms with E-state index in [1.807, 2.05) is 12.1 Å². The van der Waals surface area contributed by atoms with Crippen LogP contribution in [0.2, 0.25) is 0 Å². The Labute approximate surface area is 171 Å². The van der Waals surface area contributed by atoms with Crippen LogP contribution in [0.25, 0.3) is 0 Å². The number of nitrogens with one attached hydrogen (secondary N) is 2. The SMILES string of the molecule is CC1(C)NC(=O)N(CCC(=O)N/N=C\c2ccc(N3CCCCCC3)cc2)C1=O. The second-order valence-corrected chi connectivity index (χ2v) is 8.05. The Morgan fingerprint density at radius 2 is 1.79 bits per heavy atom. The Bertz CT molecular complexity index is 780. The monoisotopic (exact) mass is 399 g/mol. The topological polar surface area (TPSA) is 94.1 Å². The molecule has 3 rings (SSSR count). The van der Waals surface area contributed by atoms with Gasteiger partial charge >= 0.3 is 6.03 Å². The van der Waals surface area contributed by atoms with Gasteiger partial charge in [0.05, 0.1) is 6.21 Å². The predicted octanol–water partition coefficient (Wildman–Crippen LogP) is 2.24. The molecular formula is C21H29N5O3. The molecule has 8 nitrogen and oxygen atoms in total. The maximum atomic E-state index is 12.1. The van der Waals surface area contributed by atoms with E-state index in [4.69, 9.17) is 0 Å². The standard InChI is InChI=1S/C21H29N5O3/c1-21(2)19(28)26(20(29)23-21)14-11-18(27)24-22-15-16-7-9-17(10-8-16)25-12-5-3-4-6-13-25/h7-10,15H,3-6,11-14H2,1-2H3,(H,23,29)(H,24,27)/b22-15-. The number of urea groups is 1. The molecule has 0 saturated carbocycles. The number of nitrogens with zero attached hydrogens (tertiary/aromatic N) is 3. The molecule has 2 N–H and O–H groups in total. The Morgan fingerprint density at radius 1 is 1.14 bits per heavy atom. The second-order valence-electron chi connectivity index (χ2n) is 8.05. The highest BCUT2D eigenvalue weighted by Gasteiger charge is 2.43. The zero-order valence-electron chi connectivity index (χ0n) is 17.1. The quantitative estimate of drug-likeness (QED) is 0.436. The van der Waals surface area contributed by atoms with Crippen LogP contribution in [0.15, 0.2) is 29.4 Å². The number of carbonyl (C=O) groups excluding carboxylic acids is 3. The first kappa shape index (κ1) is 20.8. The van der Waals surface area contributed by atoms with Gasteiger partial charge in [0.25, 0.3) is 5.91 Å². The normalized spacial score (nSPS) is 19.4. The van der Waals surface area contributed by atoms with E-state index in [0.29, 0.717) is 0 Å². The molecule has 0 spiro atoms. The lowest BCUT2D eigenvalue weighted by Crippen LogP contribution is -2.40. The molecule has 0 atom stereocenters.